The van der Waals surface area contributed by atoms with Crippen LogP contribution in [0.1, 0.15) is 18.6 Å². The van der Waals surface area contributed by atoms with E-state index in [1.807, 2.05) is 24.3 Å². The molecule has 0 radical (unpaired) electrons. The summed E-state index contributed by atoms with van der Waals surface area (Å²) in [6.07, 6.45) is -0.918. The van der Waals surface area contributed by atoms with Crippen molar-refractivity contribution in [1.29, 1.82) is 0 Å². The molecule has 0 aliphatic heterocycles. The largest absolute Gasteiger partial charge is 0.496 e. The van der Waals surface area contributed by atoms with E-state index < -0.39 is 18.0 Å². The lowest BCUT2D eigenvalue weighted by atomic mass is 9.92. The molecule has 0 spiro atoms. The van der Waals surface area contributed by atoms with Crippen molar-refractivity contribution in [2.24, 2.45) is 5.92 Å². The fourth-order valence-electron chi connectivity index (χ4n) is 2.31. The molecule has 0 heterocycles. The molecule has 0 aromatic heterocycles. The number of hydrogen-bond donors (Lipinski definition) is 1. The van der Waals surface area contributed by atoms with E-state index in [-0.39, 0.29) is 0 Å². The van der Waals surface area contributed by atoms with Crippen LogP contribution >= 0.6 is 0 Å². The fraction of sp³-hybridized carbons (Fsp3) is 0.312. The number of hydrogen-bond acceptors (Lipinski definition) is 4. The summed E-state index contributed by atoms with van der Waals surface area (Å²) in [6, 6.07) is 11.2. The first kappa shape index (κ1) is 14.3. The van der Waals surface area contributed by atoms with Crippen molar-refractivity contribution in [3.05, 3.63) is 42.0 Å². The van der Waals surface area contributed by atoms with Crippen molar-refractivity contribution in [2.45, 2.75) is 13.0 Å². The van der Waals surface area contributed by atoms with Gasteiger partial charge in [-0.05, 0) is 23.9 Å². The molecule has 0 aliphatic rings. The standard InChI is InChI=1S/C16H18O4/c1-10(16(18)20-3)15(17)13-8-9-14(19-2)12-7-5-4-6-11(12)13/h4-10,15,17H,1-3H3. The molecule has 2 unspecified atom stereocenters. The van der Waals surface area contributed by atoms with E-state index >= 15 is 0 Å². The van der Waals surface area contributed by atoms with Crippen molar-refractivity contribution in [1.82, 2.24) is 0 Å². The first-order valence-electron chi connectivity index (χ1n) is 6.41. The van der Waals surface area contributed by atoms with E-state index in [9.17, 15) is 9.90 Å². The zero-order valence-corrected chi connectivity index (χ0v) is 11.8. The van der Waals surface area contributed by atoms with Crippen molar-refractivity contribution in [3.8, 4) is 5.75 Å². The predicted molar refractivity (Wildman–Crippen MR) is 76.6 cm³/mol. The molecule has 4 nitrogen and oxygen atoms in total. The maximum atomic E-state index is 11.6. The molecule has 4 heteroatoms. The van der Waals surface area contributed by atoms with Crippen LogP contribution in [0.4, 0.5) is 0 Å². The summed E-state index contributed by atoms with van der Waals surface area (Å²) in [6.45, 7) is 1.65. The highest BCUT2D eigenvalue weighted by Crippen LogP contribution is 2.34. The Morgan fingerprint density at radius 1 is 1.10 bits per heavy atom. The third kappa shape index (κ3) is 2.47. The Morgan fingerprint density at radius 2 is 1.75 bits per heavy atom. The molecule has 0 aliphatic carbocycles. The maximum absolute atomic E-state index is 11.6. The fourth-order valence-corrected chi connectivity index (χ4v) is 2.31. The van der Waals surface area contributed by atoms with Gasteiger partial charge in [0.25, 0.3) is 0 Å². The van der Waals surface area contributed by atoms with Gasteiger partial charge < -0.3 is 14.6 Å². The highest BCUT2D eigenvalue weighted by Gasteiger charge is 2.26. The van der Waals surface area contributed by atoms with E-state index in [1.54, 1.807) is 26.2 Å². The molecule has 0 amide bonds. The van der Waals surface area contributed by atoms with Crippen LogP contribution in [0.3, 0.4) is 0 Å². The Hall–Kier alpha value is -2.07. The zero-order valence-electron chi connectivity index (χ0n) is 11.8. The quantitative estimate of drug-likeness (QED) is 0.871. The average Bonchev–Trinajstić information content (AvgIpc) is 2.51. The zero-order chi connectivity index (χ0) is 14.7. The third-order valence-corrected chi connectivity index (χ3v) is 3.50. The normalized spacial score (nSPS) is 13.8. The second-order valence-electron chi connectivity index (χ2n) is 4.66. The molecule has 106 valence electrons. The summed E-state index contributed by atoms with van der Waals surface area (Å²) < 4.78 is 10.0. The number of benzene rings is 2. The SMILES string of the molecule is COC(=O)C(C)C(O)c1ccc(OC)c2ccccc12. The lowest BCUT2D eigenvalue weighted by Gasteiger charge is -2.19. The molecular formula is C16H18O4. The third-order valence-electron chi connectivity index (χ3n) is 3.50. The Kier molecular flexibility index (Phi) is 4.25. The van der Waals surface area contributed by atoms with Gasteiger partial charge in [0.15, 0.2) is 0 Å². The van der Waals surface area contributed by atoms with E-state index in [2.05, 4.69) is 4.74 Å². The minimum Gasteiger partial charge on any atom is -0.496 e. The molecule has 20 heavy (non-hydrogen) atoms. The number of aliphatic hydroxyl groups is 1. The summed E-state index contributed by atoms with van der Waals surface area (Å²) in [4.78, 5) is 11.6. The molecule has 1 N–H and O–H groups in total. The molecule has 0 bridgehead atoms. The molecule has 2 rings (SSSR count). The second kappa shape index (κ2) is 5.92. The van der Waals surface area contributed by atoms with Crippen LogP contribution in [0.2, 0.25) is 0 Å². The average molecular weight is 274 g/mol. The highest BCUT2D eigenvalue weighted by atomic mass is 16.5. The summed E-state index contributed by atoms with van der Waals surface area (Å²) in [5.74, 6) is -0.323. The number of aliphatic hydroxyl groups excluding tert-OH is 1. The smallest absolute Gasteiger partial charge is 0.311 e. The van der Waals surface area contributed by atoms with E-state index in [0.29, 0.717) is 5.56 Å². The van der Waals surface area contributed by atoms with Crippen molar-refractivity contribution >= 4 is 16.7 Å². The summed E-state index contributed by atoms with van der Waals surface area (Å²) >= 11 is 0. The number of ether oxygens (including phenoxy) is 2. The molecule has 0 saturated carbocycles. The van der Waals surface area contributed by atoms with Crippen LogP contribution in [0.5, 0.6) is 5.75 Å². The molecule has 0 fully saturated rings. The molecule has 2 atom stereocenters. The minimum atomic E-state index is -0.918. The monoisotopic (exact) mass is 274 g/mol. The summed E-state index contributed by atoms with van der Waals surface area (Å²) in [5, 5.41) is 12.2. The van der Waals surface area contributed by atoms with E-state index in [0.717, 1.165) is 16.5 Å². The Labute approximate surface area is 117 Å². The van der Waals surface area contributed by atoms with Gasteiger partial charge in [0.2, 0.25) is 0 Å². The molecule has 0 saturated heterocycles. The minimum absolute atomic E-state index is 0.433. The number of esters is 1. The second-order valence-corrected chi connectivity index (χ2v) is 4.66. The topological polar surface area (TPSA) is 55.8 Å². The van der Waals surface area contributed by atoms with Crippen LogP contribution in [0, 0.1) is 5.92 Å². The first-order chi connectivity index (χ1) is 9.60. The summed E-state index contributed by atoms with van der Waals surface area (Å²) in [5.41, 5.74) is 0.694. The van der Waals surface area contributed by atoms with Gasteiger partial charge in [-0.1, -0.05) is 30.3 Å². The molecule has 2 aromatic carbocycles. The number of carbonyl (C=O) groups excluding carboxylic acids is 1. The van der Waals surface area contributed by atoms with Crippen molar-refractivity contribution in [2.75, 3.05) is 14.2 Å². The van der Waals surface area contributed by atoms with Crippen molar-refractivity contribution in [3.63, 3.8) is 0 Å². The van der Waals surface area contributed by atoms with Crippen LogP contribution in [0.15, 0.2) is 36.4 Å². The number of rotatable bonds is 4. The van der Waals surface area contributed by atoms with Gasteiger partial charge in [0.05, 0.1) is 26.2 Å². The Morgan fingerprint density at radius 3 is 2.35 bits per heavy atom. The summed E-state index contributed by atoms with van der Waals surface area (Å²) in [7, 11) is 2.92. The van der Waals surface area contributed by atoms with Crippen LogP contribution < -0.4 is 4.74 Å². The maximum Gasteiger partial charge on any atom is 0.311 e. The van der Waals surface area contributed by atoms with Crippen molar-refractivity contribution < 1.29 is 19.4 Å². The highest BCUT2D eigenvalue weighted by molar-refractivity contribution is 5.91. The van der Waals surface area contributed by atoms with Gasteiger partial charge in [0.1, 0.15) is 5.75 Å². The van der Waals surface area contributed by atoms with Crippen LogP contribution in [-0.2, 0) is 9.53 Å². The van der Waals surface area contributed by atoms with Crippen LogP contribution in [0.25, 0.3) is 10.8 Å². The Bertz CT molecular complexity index is 621. The lowest BCUT2D eigenvalue weighted by molar-refractivity contribution is -0.148. The predicted octanol–water partition coefficient (Wildman–Crippen LogP) is 2.69. The number of carbonyl (C=O) groups is 1. The Balaban J connectivity index is 2.53. The van der Waals surface area contributed by atoms with Gasteiger partial charge in [-0.25, -0.2) is 0 Å². The first-order valence-corrected chi connectivity index (χ1v) is 6.41. The van der Waals surface area contributed by atoms with Gasteiger partial charge in [-0.15, -0.1) is 0 Å². The lowest BCUT2D eigenvalue weighted by Crippen LogP contribution is -2.20. The van der Waals surface area contributed by atoms with Crippen LogP contribution in [-0.4, -0.2) is 25.3 Å². The molecular weight excluding hydrogens is 256 g/mol. The van der Waals surface area contributed by atoms with Gasteiger partial charge in [0, 0.05) is 5.39 Å². The van der Waals surface area contributed by atoms with Gasteiger partial charge in [-0.3, -0.25) is 4.79 Å². The van der Waals surface area contributed by atoms with E-state index in [4.69, 9.17) is 4.74 Å². The van der Waals surface area contributed by atoms with Gasteiger partial charge in [-0.2, -0.15) is 0 Å². The van der Waals surface area contributed by atoms with Gasteiger partial charge >= 0.3 is 5.97 Å². The number of fused-ring (bicyclic) bond motifs is 1. The number of methoxy groups -OCH3 is 2. The van der Waals surface area contributed by atoms with E-state index in [1.165, 1.54) is 7.11 Å². The molecule has 2 aromatic rings.